The van der Waals surface area contributed by atoms with Gasteiger partial charge in [0, 0.05) is 34.5 Å². The van der Waals surface area contributed by atoms with Crippen LogP contribution in [0.15, 0.2) is 40.2 Å². The maximum Gasteiger partial charge on any atom is 0.266 e. The van der Waals surface area contributed by atoms with Gasteiger partial charge in [-0.3, -0.25) is 9.59 Å². The van der Waals surface area contributed by atoms with Crippen molar-refractivity contribution in [1.29, 1.82) is 0 Å². The van der Waals surface area contributed by atoms with E-state index in [0.29, 0.717) is 28.2 Å². The maximum atomic E-state index is 13.3. The van der Waals surface area contributed by atoms with Gasteiger partial charge in [-0.2, -0.15) is 4.31 Å². The first-order valence-electron chi connectivity index (χ1n) is 8.28. The van der Waals surface area contributed by atoms with Gasteiger partial charge in [0.2, 0.25) is 15.9 Å². The Bertz CT molecular complexity index is 1020. The van der Waals surface area contributed by atoms with E-state index in [1.54, 1.807) is 18.2 Å². The molecule has 1 aliphatic rings. The zero-order valence-electron chi connectivity index (χ0n) is 14.4. The predicted octanol–water partition coefficient (Wildman–Crippen LogP) is 1.48. The molecule has 1 fully saturated rings. The number of carbonyl (C=O) groups is 2. The first-order chi connectivity index (χ1) is 12.7. The Hall–Kier alpha value is -2.17. The van der Waals surface area contributed by atoms with Crippen molar-refractivity contribution >= 4 is 48.7 Å². The molecule has 2 amide bonds. The molecule has 0 bridgehead atoms. The van der Waals surface area contributed by atoms with E-state index in [-0.39, 0.29) is 35.6 Å². The minimum atomic E-state index is -3.95. The lowest BCUT2D eigenvalue weighted by molar-refractivity contribution is -0.117. The van der Waals surface area contributed by atoms with Crippen LogP contribution >= 0.6 is 15.9 Å². The van der Waals surface area contributed by atoms with Crippen molar-refractivity contribution in [3.63, 3.8) is 0 Å². The van der Waals surface area contributed by atoms with Crippen LogP contribution in [0.1, 0.15) is 23.3 Å². The minimum Gasteiger partial charge on any atom is -0.364 e. The normalized spacial score (nSPS) is 16.3. The van der Waals surface area contributed by atoms with Gasteiger partial charge in [-0.1, -0.05) is 22.5 Å². The number of fused-ring (bicyclic) bond motifs is 1. The van der Waals surface area contributed by atoms with E-state index in [4.69, 9.17) is 5.73 Å². The van der Waals surface area contributed by atoms with E-state index >= 15 is 0 Å². The largest absolute Gasteiger partial charge is 0.364 e. The van der Waals surface area contributed by atoms with Crippen molar-refractivity contribution in [3.8, 4) is 0 Å². The van der Waals surface area contributed by atoms with Gasteiger partial charge in [0.25, 0.3) is 5.91 Å². The Morgan fingerprint density at radius 3 is 2.59 bits per heavy atom. The van der Waals surface area contributed by atoms with Crippen molar-refractivity contribution in [2.24, 2.45) is 5.73 Å². The number of rotatable bonds is 5. The van der Waals surface area contributed by atoms with Crippen LogP contribution in [-0.2, 0) is 14.8 Å². The van der Waals surface area contributed by atoms with Gasteiger partial charge in [-0.25, -0.2) is 8.42 Å². The molecule has 27 heavy (non-hydrogen) atoms. The molecule has 4 N–H and O–H groups in total. The first kappa shape index (κ1) is 19.6. The van der Waals surface area contributed by atoms with Crippen LogP contribution in [0.4, 0.5) is 0 Å². The molecule has 0 radical (unpaired) electrons. The number of H-pyrrole nitrogens is 1. The van der Waals surface area contributed by atoms with Gasteiger partial charge in [-0.05, 0) is 37.1 Å². The third-order valence-electron chi connectivity index (χ3n) is 4.54. The summed E-state index contributed by atoms with van der Waals surface area (Å²) in [6, 6.07) is 4.95. The third kappa shape index (κ3) is 3.78. The second-order valence-corrected chi connectivity index (χ2v) is 9.06. The number of hydrogen-bond donors (Lipinski definition) is 3. The number of nitrogens with two attached hydrogens (primary N) is 1. The molecule has 0 aliphatic carbocycles. The Kier molecular flexibility index (Phi) is 5.41. The number of nitrogens with one attached hydrogen (secondary N) is 2. The average Bonchev–Trinajstić information content (AvgIpc) is 3.01. The van der Waals surface area contributed by atoms with Gasteiger partial charge in [0.05, 0.1) is 0 Å². The number of halogens is 1. The molecule has 1 aromatic carbocycles. The number of carbonyl (C=O) groups excluding carboxylic acids is 2. The summed E-state index contributed by atoms with van der Waals surface area (Å²) in [5.41, 5.74) is 5.79. The topological polar surface area (TPSA) is 125 Å². The summed E-state index contributed by atoms with van der Waals surface area (Å²) in [7, 11) is -3.95. The quantitative estimate of drug-likeness (QED) is 0.591. The average molecular weight is 455 g/mol. The number of amides is 2. The lowest BCUT2D eigenvalue weighted by Crippen LogP contribution is -2.46. The fraction of sp³-hybridized carbons (Fsp3) is 0.294. The summed E-state index contributed by atoms with van der Waals surface area (Å²) < 4.78 is 28.5. The minimum absolute atomic E-state index is 0.111. The predicted molar refractivity (Wildman–Crippen MR) is 105 cm³/mol. The molecule has 2 aromatic rings. The fourth-order valence-corrected chi connectivity index (χ4v) is 5.38. The Morgan fingerprint density at radius 1 is 1.33 bits per heavy atom. The van der Waals surface area contributed by atoms with E-state index in [1.165, 1.54) is 10.4 Å². The second-order valence-electron chi connectivity index (χ2n) is 6.27. The molecule has 144 valence electrons. The van der Waals surface area contributed by atoms with Gasteiger partial charge in [0.1, 0.15) is 10.6 Å². The van der Waals surface area contributed by atoms with Crippen molar-refractivity contribution in [2.45, 2.75) is 23.8 Å². The van der Waals surface area contributed by atoms with Crippen LogP contribution in [-0.4, -0.2) is 48.7 Å². The van der Waals surface area contributed by atoms with Crippen LogP contribution in [0.5, 0.6) is 0 Å². The van der Waals surface area contributed by atoms with Crippen molar-refractivity contribution < 1.29 is 18.0 Å². The van der Waals surface area contributed by atoms with E-state index in [0.717, 1.165) is 0 Å². The molecule has 1 aromatic heterocycles. The molecule has 8 nitrogen and oxygen atoms in total. The molecule has 0 spiro atoms. The zero-order chi connectivity index (χ0) is 19.8. The number of aromatic amines is 1. The van der Waals surface area contributed by atoms with Crippen LogP contribution in [0.2, 0.25) is 0 Å². The van der Waals surface area contributed by atoms with E-state index in [2.05, 4.69) is 32.8 Å². The molecule has 0 saturated carbocycles. The molecule has 10 heteroatoms. The van der Waals surface area contributed by atoms with Gasteiger partial charge < -0.3 is 16.0 Å². The van der Waals surface area contributed by atoms with Crippen molar-refractivity contribution in [3.05, 3.63) is 41.0 Å². The van der Waals surface area contributed by atoms with E-state index in [1.807, 2.05) is 0 Å². The van der Waals surface area contributed by atoms with E-state index < -0.39 is 15.9 Å². The molecule has 1 saturated heterocycles. The maximum absolute atomic E-state index is 13.3. The standard InChI is InChI=1S/C17H19BrN4O4S/c1-2-14(23)20-11-5-7-22(8-6-11)27(25,26)16-12-9-10(18)3-4-13(12)21-15(16)17(19)24/h2-4,9,11,21H,1,5-8H2,(H2,19,24)(H,20,23). The molecular formula is C17H19BrN4O4S. The van der Waals surface area contributed by atoms with Crippen LogP contribution in [0, 0.1) is 0 Å². The Balaban J connectivity index is 1.95. The van der Waals surface area contributed by atoms with Gasteiger partial charge >= 0.3 is 0 Å². The summed E-state index contributed by atoms with van der Waals surface area (Å²) in [6.45, 7) is 3.86. The second kappa shape index (κ2) is 7.45. The number of primary amides is 1. The lowest BCUT2D eigenvalue weighted by atomic mass is 10.1. The molecular weight excluding hydrogens is 436 g/mol. The van der Waals surface area contributed by atoms with Crippen LogP contribution in [0.3, 0.4) is 0 Å². The zero-order valence-corrected chi connectivity index (χ0v) is 16.8. The lowest BCUT2D eigenvalue weighted by Gasteiger charge is -2.31. The van der Waals surface area contributed by atoms with Gasteiger partial charge in [0.15, 0.2) is 0 Å². The first-order valence-corrected chi connectivity index (χ1v) is 10.5. The highest BCUT2D eigenvalue weighted by Gasteiger charge is 2.35. The number of nitrogens with zero attached hydrogens (tertiary/aromatic N) is 1. The van der Waals surface area contributed by atoms with Crippen LogP contribution in [0.25, 0.3) is 10.9 Å². The highest BCUT2D eigenvalue weighted by Crippen LogP contribution is 2.32. The Morgan fingerprint density at radius 2 is 2.00 bits per heavy atom. The third-order valence-corrected chi connectivity index (χ3v) is 7.02. The number of hydrogen-bond acceptors (Lipinski definition) is 4. The highest BCUT2D eigenvalue weighted by molar-refractivity contribution is 9.10. The molecule has 2 heterocycles. The smallest absolute Gasteiger partial charge is 0.266 e. The highest BCUT2D eigenvalue weighted by atomic mass is 79.9. The van der Waals surface area contributed by atoms with E-state index in [9.17, 15) is 18.0 Å². The Labute approximate surface area is 165 Å². The number of sulfonamides is 1. The van der Waals surface area contributed by atoms with Crippen molar-refractivity contribution in [1.82, 2.24) is 14.6 Å². The number of piperidine rings is 1. The van der Waals surface area contributed by atoms with Crippen LogP contribution < -0.4 is 11.1 Å². The molecule has 0 unspecified atom stereocenters. The summed E-state index contributed by atoms with van der Waals surface area (Å²) in [4.78, 5) is 26.0. The number of aromatic nitrogens is 1. The summed E-state index contributed by atoms with van der Waals surface area (Å²) >= 11 is 3.33. The molecule has 1 aliphatic heterocycles. The van der Waals surface area contributed by atoms with Gasteiger partial charge in [-0.15, -0.1) is 0 Å². The SMILES string of the molecule is C=CC(=O)NC1CCN(S(=O)(=O)c2c(C(N)=O)[nH]c3ccc(Br)cc23)CC1. The summed E-state index contributed by atoms with van der Waals surface area (Å²) in [6.07, 6.45) is 2.12. The fourth-order valence-electron chi connectivity index (χ4n) is 3.21. The van der Waals surface area contributed by atoms with Crippen molar-refractivity contribution in [2.75, 3.05) is 13.1 Å². The number of benzene rings is 1. The monoisotopic (exact) mass is 454 g/mol. The summed E-state index contributed by atoms with van der Waals surface area (Å²) in [5, 5.41) is 3.18. The summed E-state index contributed by atoms with van der Waals surface area (Å²) in [5.74, 6) is -1.12. The molecule has 0 atom stereocenters. The molecule has 3 rings (SSSR count).